The van der Waals surface area contributed by atoms with Crippen LogP contribution in [0.5, 0.6) is 0 Å². The van der Waals surface area contributed by atoms with Crippen molar-refractivity contribution in [1.82, 2.24) is 14.5 Å². The number of aromatic nitrogens is 3. The zero-order chi connectivity index (χ0) is 12.7. The summed E-state index contributed by atoms with van der Waals surface area (Å²) in [5.74, 6) is 0. The van der Waals surface area contributed by atoms with Crippen molar-refractivity contribution in [2.75, 3.05) is 6.61 Å². The van der Waals surface area contributed by atoms with Gasteiger partial charge in [-0.05, 0) is 6.07 Å². The second-order valence-electron chi connectivity index (χ2n) is 4.33. The molecule has 3 heterocycles. The van der Waals surface area contributed by atoms with E-state index >= 15 is 0 Å². The van der Waals surface area contributed by atoms with Gasteiger partial charge in [-0.1, -0.05) is 0 Å². The van der Waals surface area contributed by atoms with Gasteiger partial charge in [0.05, 0.1) is 24.6 Å². The number of hydrogen-bond acceptors (Lipinski definition) is 5. The van der Waals surface area contributed by atoms with Crippen molar-refractivity contribution in [2.24, 2.45) is 0 Å². The lowest BCUT2D eigenvalue weighted by molar-refractivity contribution is -0.0484. The molecule has 0 aliphatic carbocycles. The molecule has 0 bridgehead atoms. The molecule has 7 nitrogen and oxygen atoms in total. The van der Waals surface area contributed by atoms with Gasteiger partial charge >= 0.3 is 0 Å². The zero-order valence-electron chi connectivity index (χ0n) is 9.48. The van der Waals surface area contributed by atoms with Crippen LogP contribution in [0.4, 0.5) is 0 Å². The summed E-state index contributed by atoms with van der Waals surface area (Å²) >= 11 is 0. The van der Waals surface area contributed by atoms with Gasteiger partial charge in [0, 0.05) is 12.6 Å². The lowest BCUT2D eigenvalue weighted by Crippen LogP contribution is -2.19. The first-order chi connectivity index (χ1) is 8.70. The molecule has 0 radical (unpaired) electrons. The molecule has 96 valence electrons. The Morgan fingerprint density at radius 1 is 1.61 bits per heavy atom. The van der Waals surface area contributed by atoms with Crippen molar-refractivity contribution in [2.45, 2.75) is 24.9 Å². The highest BCUT2D eigenvalue weighted by molar-refractivity contribution is 5.73. The number of nitrogens with zero attached hydrogens (tertiary/aromatic N) is 2. The zero-order valence-corrected chi connectivity index (χ0v) is 9.48. The van der Waals surface area contributed by atoms with E-state index in [9.17, 15) is 9.90 Å². The number of hydrogen-bond donors (Lipinski definition) is 3. The molecule has 1 aliphatic rings. The fraction of sp³-hybridized carbons (Fsp3) is 0.455. The van der Waals surface area contributed by atoms with Crippen LogP contribution in [0.25, 0.3) is 11.0 Å². The maximum absolute atomic E-state index is 11.5. The number of aliphatic hydroxyl groups is 2. The Morgan fingerprint density at radius 3 is 3.17 bits per heavy atom. The quantitative estimate of drug-likeness (QED) is 0.659. The third kappa shape index (κ3) is 1.64. The number of imidazole rings is 1. The van der Waals surface area contributed by atoms with Crippen LogP contribution >= 0.6 is 0 Å². The van der Waals surface area contributed by atoms with Crippen molar-refractivity contribution in [3.05, 3.63) is 28.9 Å². The maximum Gasteiger partial charge on any atom is 0.276 e. The number of rotatable bonds is 2. The lowest BCUT2D eigenvalue weighted by Gasteiger charge is -2.16. The molecule has 0 spiro atoms. The molecule has 1 fully saturated rings. The summed E-state index contributed by atoms with van der Waals surface area (Å²) in [6, 6.07) is 1.70. The fourth-order valence-corrected chi connectivity index (χ4v) is 2.28. The van der Waals surface area contributed by atoms with Gasteiger partial charge in [-0.25, -0.2) is 4.98 Å². The highest BCUT2D eigenvalue weighted by Crippen LogP contribution is 2.30. The van der Waals surface area contributed by atoms with E-state index in [4.69, 9.17) is 9.84 Å². The number of fused-ring (bicyclic) bond motifs is 1. The molecule has 3 N–H and O–H groups in total. The lowest BCUT2D eigenvalue weighted by atomic mass is 10.2. The Kier molecular flexibility index (Phi) is 2.66. The Hall–Kier alpha value is -1.70. The summed E-state index contributed by atoms with van der Waals surface area (Å²) in [4.78, 5) is 18.1. The first-order valence-electron chi connectivity index (χ1n) is 5.69. The molecule has 2 aromatic heterocycles. The fourth-order valence-electron chi connectivity index (χ4n) is 2.28. The topological polar surface area (TPSA) is 100 Å². The number of aliphatic hydroxyl groups excluding tert-OH is 2. The van der Waals surface area contributed by atoms with Crippen LogP contribution in [0, 0.1) is 0 Å². The summed E-state index contributed by atoms with van der Waals surface area (Å²) < 4.78 is 7.14. The molecule has 3 atom stereocenters. The third-order valence-corrected chi connectivity index (χ3v) is 3.15. The molecular formula is C11H13N3O4. The van der Waals surface area contributed by atoms with Crippen LogP contribution in [0.15, 0.2) is 23.4 Å². The van der Waals surface area contributed by atoms with E-state index in [1.807, 2.05) is 0 Å². The predicted molar refractivity (Wildman–Crippen MR) is 62.0 cm³/mol. The normalized spacial score (nSPS) is 28.0. The number of ether oxygens (including phenoxy) is 1. The number of pyridine rings is 1. The monoisotopic (exact) mass is 251 g/mol. The Labute approximate surface area is 102 Å². The van der Waals surface area contributed by atoms with Crippen molar-refractivity contribution in [3.8, 4) is 0 Å². The van der Waals surface area contributed by atoms with Crippen molar-refractivity contribution >= 4 is 11.0 Å². The highest BCUT2D eigenvalue weighted by Gasteiger charge is 2.35. The van der Waals surface area contributed by atoms with Gasteiger partial charge in [0.25, 0.3) is 5.56 Å². The summed E-state index contributed by atoms with van der Waals surface area (Å²) in [6.45, 7) is -0.138. The van der Waals surface area contributed by atoms with Crippen LogP contribution in [-0.4, -0.2) is 43.6 Å². The summed E-state index contributed by atoms with van der Waals surface area (Å²) in [6.07, 6.45) is 1.63. The van der Waals surface area contributed by atoms with Crippen molar-refractivity contribution in [3.63, 3.8) is 0 Å². The molecule has 1 aliphatic heterocycles. The van der Waals surface area contributed by atoms with E-state index in [0.717, 1.165) is 0 Å². The third-order valence-electron chi connectivity index (χ3n) is 3.15. The van der Waals surface area contributed by atoms with Crippen LogP contribution in [-0.2, 0) is 4.74 Å². The Bertz CT molecular complexity index is 620. The van der Waals surface area contributed by atoms with E-state index in [-0.39, 0.29) is 18.3 Å². The van der Waals surface area contributed by atoms with Crippen LogP contribution in [0.2, 0.25) is 0 Å². The predicted octanol–water partition coefficient (Wildman–Crippen LogP) is -0.635. The molecule has 1 unspecified atom stereocenters. The Balaban J connectivity index is 2.05. The molecule has 3 rings (SSSR count). The van der Waals surface area contributed by atoms with Crippen LogP contribution < -0.4 is 5.56 Å². The maximum atomic E-state index is 11.5. The summed E-state index contributed by atoms with van der Waals surface area (Å²) in [7, 11) is 0. The minimum absolute atomic E-state index is 0.138. The van der Waals surface area contributed by atoms with Gasteiger partial charge in [0.2, 0.25) is 0 Å². The van der Waals surface area contributed by atoms with Crippen molar-refractivity contribution in [1.29, 1.82) is 0 Å². The standard InChI is InChI=1S/C11H13N3O4/c15-4-6-3-8(16)11(18-6)14-5-13-9-7(14)1-2-12-10(9)17/h1-2,5-6,8,11,15-16H,3-4H2,(H,12,17)/t6-,8+,11?/m0/s1. The number of nitrogens with one attached hydrogen (secondary N) is 1. The average molecular weight is 251 g/mol. The van der Waals surface area contributed by atoms with E-state index in [2.05, 4.69) is 9.97 Å². The SMILES string of the molecule is O=c1[nH]ccc2c1ncn2C1O[C@H](CO)C[C@H]1O. The molecular weight excluding hydrogens is 238 g/mol. The molecule has 2 aromatic rings. The second-order valence-corrected chi connectivity index (χ2v) is 4.33. The van der Waals surface area contributed by atoms with E-state index < -0.39 is 12.3 Å². The summed E-state index contributed by atoms with van der Waals surface area (Å²) in [5, 5.41) is 19.0. The minimum atomic E-state index is -0.723. The average Bonchev–Trinajstić information content (AvgIpc) is 2.93. The molecule has 1 saturated heterocycles. The first kappa shape index (κ1) is 11.4. The van der Waals surface area contributed by atoms with Gasteiger partial charge in [0.1, 0.15) is 6.10 Å². The van der Waals surface area contributed by atoms with Crippen molar-refractivity contribution < 1.29 is 14.9 Å². The van der Waals surface area contributed by atoms with Gasteiger partial charge in [0.15, 0.2) is 11.7 Å². The largest absolute Gasteiger partial charge is 0.394 e. The van der Waals surface area contributed by atoms with Gasteiger partial charge in [-0.2, -0.15) is 0 Å². The Morgan fingerprint density at radius 2 is 2.44 bits per heavy atom. The van der Waals surface area contributed by atoms with Gasteiger partial charge in [-0.15, -0.1) is 0 Å². The molecule has 18 heavy (non-hydrogen) atoms. The van der Waals surface area contributed by atoms with Crippen LogP contribution in [0.1, 0.15) is 12.6 Å². The van der Waals surface area contributed by atoms with Crippen LogP contribution in [0.3, 0.4) is 0 Å². The molecule has 0 amide bonds. The number of aromatic amines is 1. The highest BCUT2D eigenvalue weighted by atomic mass is 16.5. The van der Waals surface area contributed by atoms with Gasteiger partial charge < -0.3 is 24.5 Å². The van der Waals surface area contributed by atoms with E-state index in [0.29, 0.717) is 17.5 Å². The first-order valence-corrected chi connectivity index (χ1v) is 5.69. The van der Waals surface area contributed by atoms with E-state index in [1.54, 1.807) is 10.6 Å². The minimum Gasteiger partial charge on any atom is -0.394 e. The number of H-pyrrole nitrogens is 1. The van der Waals surface area contributed by atoms with Gasteiger partial charge in [-0.3, -0.25) is 4.79 Å². The molecule has 7 heteroatoms. The molecule has 0 saturated carbocycles. The smallest absolute Gasteiger partial charge is 0.276 e. The second kappa shape index (κ2) is 4.20. The molecule has 0 aromatic carbocycles. The summed E-state index contributed by atoms with van der Waals surface area (Å²) in [5.41, 5.74) is 0.625. The van der Waals surface area contributed by atoms with E-state index in [1.165, 1.54) is 12.5 Å².